The van der Waals surface area contributed by atoms with Gasteiger partial charge in [-0.3, -0.25) is 4.99 Å². The number of aromatic hydroxyl groups is 1. The van der Waals surface area contributed by atoms with Crippen LogP contribution in [0.25, 0.3) is 22.6 Å². The average molecular weight is 393 g/mol. The van der Waals surface area contributed by atoms with E-state index in [2.05, 4.69) is 9.98 Å². The predicted molar refractivity (Wildman–Crippen MR) is 111 cm³/mol. The fraction of sp³-hybridized carbons (Fsp3) is 0.0909. The third kappa shape index (κ3) is 3.44. The third-order valence-corrected chi connectivity index (χ3v) is 4.66. The van der Waals surface area contributed by atoms with Gasteiger partial charge in [0, 0.05) is 11.8 Å². The van der Waals surface area contributed by atoms with Crippen molar-refractivity contribution >= 4 is 34.6 Å². The lowest BCUT2D eigenvalue weighted by atomic mass is 10.2. The monoisotopic (exact) mass is 392 g/mol. The fourth-order valence-corrected chi connectivity index (χ4v) is 3.06. The maximum absolute atomic E-state index is 10.2. The summed E-state index contributed by atoms with van der Waals surface area (Å²) in [5.74, 6) is 0.867. The molecule has 5 nitrogen and oxygen atoms in total. The molecular weight excluding hydrogens is 376 g/mol. The number of ether oxygens (including phenoxy) is 1. The van der Waals surface area contributed by atoms with Crippen molar-refractivity contribution in [2.45, 2.75) is 6.92 Å². The summed E-state index contributed by atoms with van der Waals surface area (Å²) < 4.78 is 11.0. The maximum Gasteiger partial charge on any atom is 0.228 e. The highest BCUT2D eigenvalue weighted by Crippen LogP contribution is 2.34. The van der Waals surface area contributed by atoms with E-state index in [0.29, 0.717) is 39.1 Å². The van der Waals surface area contributed by atoms with E-state index >= 15 is 0 Å². The van der Waals surface area contributed by atoms with Crippen LogP contribution in [-0.4, -0.2) is 23.4 Å². The SMILES string of the molecule is COc1cccc(C=Nc2ccc(Cl)c(-c3nc4ccc(C)cc4o3)c2)c1O. The molecule has 0 saturated heterocycles. The maximum atomic E-state index is 10.2. The number of nitrogens with zero attached hydrogens (tertiary/aromatic N) is 2. The molecule has 0 bridgehead atoms. The van der Waals surface area contributed by atoms with Crippen LogP contribution in [0.15, 0.2) is 64.0 Å². The van der Waals surface area contributed by atoms with Crippen LogP contribution in [0.4, 0.5) is 5.69 Å². The Morgan fingerprint density at radius 3 is 2.82 bits per heavy atom. The summed E-state index contributed by atoms with van der Waals surface area (Å²) in [7, 11) is 1.50. The minimum atomic E-state index is 0.0391. The molecule has 4 rings (SSSR count). The van der Waals surface area contributed by atoms with Gasteiger partial charge < -0.3 is 14.3 Å². The number of phenolic OH excluding ortho intramolecular Hbond substituents is 1. The number of hydrogen-bond donors (Lipinski definition) is 1. The Bertz CT molecular complexity index is 1200. The number of aromatic nitrogens is 1. The number of rotatable bonds is 4. The number of aliphatic imine (C=N–C) groups is 1. The molecule has 1 N–H and O–H groups in total. The smallest absolute Gasteiger partial charge is 0.228 e. The zero-order valence-corrected chi connectivity index (χ0v) is 16.1. The lowest BCUT2D eigenvalue weighted by Crippen LogP contribution is -1.88. The minimum absolute atomic E-state index is 0.0391. The molecule has 0 aliphatic rings. The zero-order valence-electron chi connectivity index (χ0n) is 15.3. The van der Waals surface area contributed by atoms with Crippen LogP contribution < -0.4 is 4.74 Å². The van der Waals surface area contributed by atoms with Gasteiger partial charge in [0.2, 0.25) is 5.89 Å². The molecule has 0 aliphatic carbocycles. The topological polar surface area (TPSA) is 67.9 Å². The van der Waals surface area contributed by atoms with E-state index in [4.69, 9.17) is 20.8 Å². The highest BCUT2D eigenvalue weighted by atomic mass is 35.5. The quantitative estimate of drug-likeness (QED) is 0.437. The highest BCUT2D eigenvalue weighted by molar-refractivity contribution is 6.33. The van der Waals surface area contributed by atoms with Crippen molar-refractivity contribution in [2.24, 2.45) is 4.99 Å². The first-order valence-corrected chi connectivity index (χ1v) is 9.00. The first kappa shape index (κ1) is 18.1. The lowest BCUT2D eigenvalue weighted by molar-refractivity contribution is 0.373. The molecule has 1 aromatic heterocycles. The Morgan fingerprint density at radius 1 is 1.14 bits per heavy atom. The number of methoxy groups -OCH3 is 1. The average Bonchev–Trinajstić information content (AvgIpc) is 3.11. The summed E-state index contributed by atoms with van der Waals surface area (Å²) >= 11 is 6.36. The van der Waals surface area contributed by atoms with E-state index < -0.39 is 0 Å². The van der Waals surface area contributed by atoms with Crippen molar-refractivity contribution in [3.8, 4) is 23.0 Å². The van der Waals surface area contributed by atoms with Crippen molar-refractivity contribution < 1.29 is 14.3 Å². The van der Waals surface area contributed by atoms with Crippen molar-refractivity contribution in [1.29, 1.82) is 0 Å². The molecule has 28 heavy (non-hydrogen) atoms. The number of halogens is 1. The molecule has 4 aromatic rings. The van der Waals surface area contributed by atoms with Crippen LogP contribution in [-0.2, 0) is 0 Å². The van der Waals surface area contributed by atoms with E-state index in [1.165, 1.54) is 7.11 Å². The van der Waals surface area contributed by atoms with Gasteiger partial charge >= 0.3 is 0 Å². The van der Waals surface area contributed by atoms with Crippen LogP contribution in [0.5, 0.6) is 11.5 Å². The minimum Gasteiger partial charge on any atom is -0.504 e. The summed E-state index contributed by atoms with van der Waals surface area (Å²) in [4.78, 5) is 8.96. The largest absolute Gasteiger partial charge is 0.504 e. The molecule has 3 aromatic carbocycles. The Kier molecular flexibility index (Phi) is 4.75. The van der Waals surface area contributed by atoms with E-state index in [-0.39, 0.29) is 5.75 Å². The molecule has 0 atom stereocenters. The van der Waals surface area contributed by atoms with Crippen LogP contribution in [0.3, 0.4) is 0 Å². The molecular formula is C22H17ClN2O3. The van der Waals surface area contributed by atoms with Crippen LogP contribution in [0.2, 0.25) is 5.02 Å². The summed E-state index contributed by atoms with van der Waals surface area (Å²) in [5, 5.41) is 10.7. The zero-order chi connectivity index (χ0) is 19.7. The summed E-state index contributed by atoms with van der Waals surface area (Å²) in [6.45, 7) is 2.00. The van der Waals surface area contributed by atoms with Crippen LogP contribution in [0, 0.1) is 6.92 Å². The van der Waals surface area contributed by atoms with Crippen molar-refractivity contribution in [3.63, 3.8) is 0 Å². The molecule has 0 amide bonds. The molecule has 0 radical (unpaired) electrons. The molecule has 1 heterocycles. The normalized spacial score (nSPS) is 11.4. The van der Waals surface area contributed by atoms with Gasteiger partial charge in [0.1, 0.15) is 5.52 Å². The highest BCUT2D eigenvalue weighted by Gasteiger charge is 2.13. The Balaban J connectivity index is 1.71. The van der Waals surface area contributed by atoms with Gasteiger partial charge in [-0.05, 0) is 55.0 Å². The van der Waals surface area contributed by atoms with Crippen molar-refractivity contribution in [3.05, 3.63) is 70.7 Å². The standard InChI is InChI=1S/C22H17ClN2O3/c1-13-6-9-18-20(10-13)28-22(25-18)16-11-15(7-8-17(16)23)24-12-14-4-3-5-19(27-2)21(14)26/h3-12,26H,1-2H3. The number of aryl methyl sites for hydroxylation is 1. The summed E-state index contributed by atoms with van der Waals surface area (Å²) in [6, 6.07) is 16.4. The summed E-state index contributed by atoms with van der Waals surface area (Å²) in [6.07, 6.45) is 1.57. The van der Waals surface area contributed by atoms with Gasteiger partial charge in [0.05, 0.1) is 23.4 Å². The number of benzene rings is 3. The second-order valence-electron chi connectivity index (χ2n) is 6.31. The number of fused-ring (bicyclic) bond motifs is 1. The van der Waals surface area contributed by atoms with Gasteiger partial charge in [-0.25, -0.2) is 4.98 Å². The van der Waals surface area contributed by atoms with E-state index in [1.807, 2.05) is 25.1 Å². The Labute approximate surface area is 166 Å². The molecule has 6 heteroatoms. The molecule has 0 fully saturated rings. The fourth-order valence-electron chi connectivity index (χ4n) is 2.86. The number of para-hydroxylation sites is 1. The van der Waals surface area contributed by atoms with Gasteiger partial charge in [-0.15, -0.1) is 0 Å². The van der Waals surface area contributed by atoms with E-state index in [1.54, 1.807) is 42.6 Å². The Morgan fingerprint density at radius 2 is 2.00 bits per heavy atom. The second kappa shape index (κ2) is 7.37. The van der Waals surface area contributed by atoms with E-state index in [9.17, 15) is 5.11 Å². The summed E-state index contributed by atoms with van der Waals surface area (Å²) in [5.41, 5.74) is 4.43. The Hall–Kier alpha value is -3.31. The van der Waals surface area contributed by atoms with Crippen LogP contribution >= 0.6 is 11.6 Å². The lowest BCUT2D eigenvalue weighted by Gasteiger charge is -2.05. The number of hydrogen-bond acceptors (Lipinski definition) is 5. The van der Waals surface area contributed by atoms with Crippen LogP contribution in [0.1, 0.15) is 11.1 Å². The first-order valence-electron chi connectivity index (χ1n) is 8.62. The van der Waals surface area contributed by atoms with Gasteiger partial charge in [-0.2, -0.15) is 0 Å². The molecule has 0 saturated carbocycles. The number of phenols is 1. The van der Waals surface area contributed by atoms with E-state index in [0.717, 1.165) is 11.1 Å². The van der Waals surface area contributed by atoms with Crippen molar-refractivity contribution in [2.75, 3.05) is 7.11 Å². The molecule has 0 spiro atoms. The molecule has 0 aliphatic heterocycles. The first-order chi connectivity index (χ1) is 13.5. The van der Waals surface area contributed by atoms with Gasteiger partial charge in [0.25, 0.3) is 0 Å². The molecule has 140 valence electrons. The van der Waals surface area contributed by atoms with Gasteiger partial charge in [-0.1, -0.05) is 23.7 Å². The van der Waals surface area contributed by atoms with Gasteiger partial charge in [0.15, 0.2) is 17.1 Å². The number of oxazole rings is 1. The second-order valence-corrected chi connectivity index (χ2v) is 6.72. The molecule has 0 unspecified atom stereocenters. The third-order valence-electron chi connectivity index (χ3n) is 4.33. The predicted octanol–water partition coefficient (Wildman–Crippen LogP) is 5.92. The van der Waals surface area contributed by atoms with Crippen molar-refractivity contribution in [1.82, 2.24) is 4.98 Å².